The summed E-state index contributed by atoms with van der Waals surface area (Å²) in [6, 6.07) is 12.1. The molecular formula is C27H34N6O4. The van der Waals surface area contributed by atoms with Crippen LogP contribution in [0.2, 0.25) is 0 Å². The van der Waals surface area contributed by atoms with Crippen LogP contribution in [0.15, 0.2) is 61.3 Å². The predicted octanol–water partition coefficient (Wildman–Crippen LogP) is 1.03. The van der Waals surface area contributed by atoms with E-state index in [1.54, 1.807) is 23.2 Å². The van der Waals surface area contributed by atoms with Crippen LogP contribution in [0, 0.1) is 0 Å². The molecule has 1 aliphatic rings. The molecule has 3 rings (SSSR count). The van der Waals surface area contributed by atoms with Gasteiger partial charge in [0.1, 0.15) is 11.7 Å². The van der Waals surface area contributed by atoms with Crippen LogP contribution in [0.5, 0.6) is 0 Å². The van der Waals surface area contributed by atoms with Crippen molar-refractivity contribution in [2.45, 2.75) is 31.7 Å². The third-order valence-electron chi connectivity index (χ3n) is 6.20. The molecule has 1 aromatic carbocycles. The van der Waals surface area contributed by atoms with Crippen LogP contribution in [0.3, 0.4) is 0 Å². The van der Waals surface area contributed by atoms with Gasteiger partial charge in [0.25, 0.3) is 5.91 Å². The molecule has 1 unspecified atom stereocenters. The van der Waals surface area contributed by atoms with E-state index >= 15 is 0 Å². The molecule has 1 aliphatic heterocycles. The fourth-order valence-electron chi connectivity index (χ4n) is 4.17. The first kappa shape index (κ1) is 27.4. The average Bonchev–Trinajstić information content (AvgIpc) is 2.92. The number of hydrogen-bond acceptors (Lipinski definition) is 6. The van der Waals surface area contributed by atoms with Gasteiger partial charge in [-0.3, -0.25) is 19.2 Å². The number of benzene rings is 1. The number of primary amides is 1. The SMILES string of the molecule is C=CC(=O)NCCCCC(NC(=O)Cc1ccccc1)C(=O)N1CCN(c2ccc(C(N)=O)nc2)CC1. The number of rotatable bonds is 12. The van der Waals surface area contributed by atoms with Crippen molar-refractivity contribution < 1.29 is 19.2 Å². The zero-order valence-corrected chi connectivity index (χ0v) is 20.9. The Balaban J connectivity index is 1.57. The Bertz CT molecular complexity index is 1080. The molecule has 10 heteroatoms. The summed E-state index contributed by atoms with van der Waals surface area (Å²) in [5.74, 6) is -1.13. The Morgan fingerprint density at radius 3 is 2.38 bits per heavy atom. The van der Waals surface area contributed by atoms with Crippen LogP contribution in [-0.2, 0) is 20.8 Å². The number of hydrogen-bond donors (Lipinski definition) is 3. The predicted molar refractivity (Wildman–Crippen MR) is 141 cm³/mol. The second-order valence-electron chi connectivity index (χ2n) is 8.85. The molecule has 0 bridgehead atoms. The first-order valence-corrected chi connectivity index (χ1v) is 12.4. The monoisotopic (exact) mass is 506 g/mol. The van der Waals surface area contributed by atoms with Gasteiger partial charge >= 0.3 is 0 Å². The maximum absolute atomic E-state index is 13.4. The average molecular weight is 507 g/mol. The van der Waals surface area contributed by atoms with Crippen LogP contribution in [0.4, 0.5) is 5.69 Å². The molecule has 10 nitrogen and oxygen atoms in total. The fourth-order valence-corrected chi connectivity index (χ4v) is 4.17. The van der Waals surface area contributed by atoms with Crippen molar-refractivity contribution in [3.05, 3.63) is 72.6 Å². The zero-order valence-electron chi connectivity index (χ0n) is 20.9. The quantitative estimate of drug-likeness (QED) is 0.290. The third-order valence-corrected chi connectivity index (χ3v) is 6.20. The lowest BCUT2D eigenvalue weighted by Gasteiger charge is -2.37. The molecule has 0 aliphatic carbocycles. The number of nitrogens with two attached hydrogens (primary N) is 1. The third kappa shape index (κ3) is 8.45. The summed E-state index contributed by atoms with van der Waals surface area (Å²) in [6.07, 6.45) is 4.84. The van der Waals surface area contributed by atoms with E-state index in [0.717, 1.165) is 11.3 Å². The highest BCUT2D eigenvalue weighted by Crippen LogP contribution is 2.17. The van der Waals surface area contributed by atoms with Gasteiger partial charge in [0, 0.05) is 32.7 Å². The normalized spacial score (nSPS) is 13.9. The van der Waals surface area contributed by atoms with E-state index in [4.69, 9.17) is 5.73 Å². The van der Waals surface area contributed by atoms with Crippen LogP contribution in [0.25, 0.3) is 0 Å². The highest BCUT2D eigenvalue weighted by Gasteiger charge is 2.28. The Morgan fingerprint density at radius 1 is 1.03 bits per heavy atom. The Hall–Kier alpha value is -4.21. The summed E-state index contributed by atoms with van der Waals surface area (Å²) in [5, 5.41) is 5.66. The van der Waals surface area contributed by atoms with E-state index in [0.29, 0.717) is 52.0 Å². The van der Waals surface area contributed by atoms with Crippen molar-refractivity contribution in [2.75, 3.05) is 37.6 Å². The van der Waals surface area contributed by atoms with Gasteiger partial charge in [-0.2, -0.15) is 0 Å². The number of carbonyl (C=O) groups is 4. The standard InChI is InChI=1S/C27H34N6O4/c1-2-24(34)29-13-7-6-10-23(31-25(35)18-20-8-4-3-5-9-20)27(37)33-16-14-32(15-17-33)21-11-12-22(26(28)36)30-19-21/h2-5,8-9,11-12,19,23H,1,6-7,10,13-18H2,(H2,28,36)(H,29,34)(H,31,35). The number of aromatic nitrogens is 1. The van der Waals surface area contributed by atoms with Gasteiger partial charge in [-0.15, -0.1) is 0 Å². The lowest BCUT2D eigenvalue weighted by atomic mass is 10.1. The number of unbranched alkanes of at least 4 members (excludes halogenated alkanes) is 1. The second-order valence-corrected chi connectivity index (χ2v) is 8.85. The fraction of sp³-hybridized carbons (Fsp3) is 0.370. The van der Waals surface area contributed by atoms with Crippen molar-refractivity contribution >= 4 is 29.3 Å². The van der Waals surface area contributed by atoms with E-state index in [9.17, 15) is 19.2 Å². The van der Waals surface area contributed by atoms with E-state index < -0.39 is 11.9 Å². The molecule has 196 valence electrons. The minimum Gasteiger partial charge on any atom is -0.367 e. The topological polar surface area (TPSA) is 138 Å². The summed E-state index contributed by atoms with van der Waals surface area (Å²) in [7, 11) is 0. The van der Waals surface area contributed by atoms with Crippen molar-refractivity contribution in [3.8, 4) is 0 Å². The first-order chi connectivity index (χ1) is 17.9. The molecule has 4 amide bonds. The largest absolute Gasteiger partial charge is 0.367 e. The van der Waals surface area contributed by atoms with Gasteiger partial charge in [0.15, 0.2) is 0 Å². The lowest BCUT2D eigenvalue weighted by molar-refractivity contribution is -0.136. The smallest absolute Gasteiger partial charge is 0.267 e. The number of anilines is 1. The summed E-state index contributed by atoms with van der Waals surface area (Å²) in [6.45, 7) is 6.10. The van der Waals surface area contributed by atoms with Crippen molar-refractivity contribution in [2.24, 2.45) is 5.73 Å². The van der Waals surface area contributed by atoms with Crippen LogP contribution >= 0.6 is 0 Å². The van der Waals surface area contributed by atoms with Gasteiger partial charge < -0.3 is 26.2 Å². The summed E-state index contributed by atoms with van der Waals surface area (Å²) in [5.41, 5.74) is 7.19. The molecule has 2 heterocycles. The molecule has 1 aromatic heterocycles. The van der Waals surface area contributed by atoms with Gasteiger partial charge in [-0.1, -0.05) is 36.9 Å². The van der Waals surface area contributed by atoms with Crippen LogP contribution in [-0.4, -0.2) is 72.3 Å². The second kappa shape index (κ2) is 13.8. The molecule has 0 spiro atoms. The lowest BCUT2D eigenvalue weighted by Crippen LogP contribution is -2.55. The van der Waals surface area contributed by atoms with Crippen molar-refractivity contribution in [1.82, 2.24) is 20.5 Å². The number of carbonyl (C=O) groups excluding carboxylic acids is 4. The van der Waals surface area contributed by atoms with Crippen molar-refractivity contribution in [3.63, 3.8) is 0 Å². The maximum atomic E-state index is 13.4. The molecule has 1 fully saturated rings. The number of piperazine rings is 1. The number of nitrogens with one attached hydrogen (secondary N) is 2. The molecule has 2 aromatic rings. The highest BCUT2D eigenvalue weighted by atomic mass is 16.2. The van der Waals surface area contributed by atoms with Crippen LogP contribution in [0.1, 0.15) is 35.3 Å². The van der Waals surface area contributed by atoms with Crippen LogP contribution < -0.4 is 21.3 Å². The van der Waals surface area contributed by atoms with Crippen molar-refractivity contribution in [1.29, 1.82) is 0 Å². The summed E-state index contributed by atoms with van der Waals surface area (Å²) >= 11 is 0. The Morgan fingerprint density at radius 2 is 1.76 bits per heavy atom. The molecule has 1 saturated heterocycles. The molecule has 0 saturated carbocycles. The van der Waals surface area contributed by atoms with E-state index in [1.807, 2.05) is 30.3 Å². The van der Waals surface area contributed by atoms with Gasteiger partial charge in [0.2, 0.25) is 17.7 Å². The number of amides is 4. The molecule has 4 N–H and O–H groups in total. The zero-order chi connectivity index (χ0) is 26.6. The Kier molecular flexibility index (Phi) is 10.2. The van der Waals surface area contributed by atoms with Gasteiger partial charge in [0.05, 0.1) is 18.3 Å². The maximum Gasteiger partial charge on any atom is 0.267 e. The Labute approximate surface area is 216 Å². The molecule has 37 heavy (non-hydrogen) atoms. The number of pyridine rings is 1. The molecular weight excluding hydrogens is 472 g/mol. The van der Waals surface area contributed by atoms with E-state index in [1.165, 1.54) is 6.08 Å². The first-order valence-electron chi connectivity index (χ1n) is 12.4. The van der Waals surface area contributed by atoms with Gasteiger partial charge in [-0.25, -0.2) is 4.98 Å². The van der Waals surface area contributed by atoms with Gasteiger partial charge in [-0.05, 0) is 43.0 Å². The number of nitrogens with zero attached hydrogens (tertiary/aromatic N) is 3. The van der Waals surface area contributed by atoms with E-state index in [2.05, 4.69) is 27.1 Å². The minimum absolute atomic E-state index is 0.113. The summed E-state index contributed by atoms with van der Waals surface area (Å²) in [4.78, 5) is 56.7. The minimum atomic E-state index is -0.644. The van der Waals surface area contributed by atoms with E-state index in [-0.39, 0.29) is 29.8 Å². The summed E-state index contributed by atoms with van der Waals surface area (Å²) < 4.78 is 0. The molecule has 0 radical (unpaired) electrons. The highest BCUT2D eigenvalue weighted by molar-refractivity contribution is 5.91. The molecule has 1 atom stereocenters.